The molecule has 0 unspecified atom stereocenters. The van der Waals surface area contributed by atoms with Gasteiger partial charge in [-0.25, -0.2) is 4.68 Å². The van der Waals surface area contributed by atoms with Crippen LogP contribution < -0.4 is 5.84 Å². The highest BCUT2D eigenvalue weighted by Gasteiger charge is 2.15. The van der Waals surface area contributed by atoms with Crippen LogP contribution in [0.15, 0.2) is 59.8 Å². The second-order valence-corrected chi connectivity index (χ2v) is 6.62. The van der Waals surface area contributed by atoms with E-state index in [-0.39, 0.29) is 0 Å². The Morgan fingerprint density at radius 2 is 1.73 bits per heavy atom. The Morgan fingerprint density at radius 3 is 2.50 bits per heavy atom. The smallest absolute Gasteiger partial charge is 0.210 e. The molecule has 0 aliphatic rings. The maximum absolute atomic E-state index is 6.17. The van der Waals surface area contributed by atoms with Gasteiger partial charge in [-0.3, -0.25) is 0 Å². The molecular weight excluding hydrogens is 348 g/mol. The lowest BCUT2D eigenvalue weighted by atomic mass is 10.1. The molecule has 130 valence electrons. The summed E-state index contributed by atoms with van der Waals surface area (Å²) >= 11 is 1.43. The van der Waals surface area contributed by atoms with Crippen molar-refractivity contribution in [3.8, 4) is 17.1 Å². The van der Waals surface area contributed by atoms with Crippen molar-refractivity contribution in [2.75, 3.05) is 5.84 Å². The molecule has 0 saturated carbocycles. The summed E-state index contributed by atoms with van der Waals surface area (Å²) in [6, 6.07) is 17.7. The molecule has 4 rings (SSSR count). The number of nitrogens with zero attached hydrogens (tertiary/aromatic N) is 7. The maximum Gasteiger partial charge on any atom is 0.210 e. The first-order valence-electron chi connectivity index (χ1n) is 7.95. The SMILES string of the molecule is Cc1ccc(-c2nnc(SCc3nnnn3-c3ccccc3)n2N)cc1. The van der Waals surface area contributed by atoms with Gasteiger partial charge in [0, 0.05) is 5.56 Å². The van der Waals surface area contributed by atoms with Crippen LogP contribution >= 0.6 is 11.8 Å². The molecule has 2 heterocycles. The average molecular weight is 364 g/mol. The van der Waals surface area contributed by atoms with Crippen LogP contribution in [-0.4, -0.2) is 35.1 Å². The maximum atomic E-state index is 6.17. The van der Waals surface area contributed by atoms with Gasteiger partial charge in [-0.1, -0.05) is 59.8 Å². The van der Waals surface area contributed by atoms with E-state index in [4.69, 9.17) is 5.84 Å². The van der Waals surface area contributed by atoms with Gasteiger partial charge in [0.25, 0.3) is 0 Å². The molecule has 0 radical (unpaired) electrons. The van der Waals surface area contributed by atoms with Crippen LogP contribution in [0.1, 0.15) is 11.4 Å². The van der Waals surface area contributed by atoms with Crippen LogP contribution in [-0.2, 0) is 5.75 Å². The number of hydrogen-bond acceptors (Lipinski definition) is 7. The van der Waals surface area contributed by atoms with Crippen LogP contribution in [0.2, 0.25) is 0 Å². The third kappa shape index (κ3) is 3.16. The van der Waals surface area contributed by atoms with E-state index in [1.165, 1.54) is 22.0 Å². The topological polar surface area (TPSA) is 100 Å². The second-order valence-electron chi connectivity index (χ2n) is 5.67. The Morgan fingerprint density at radius 1 is 0.962 bits per heavy atom. The zero-order chi connectivity index (χ0) is 17.9. The molecule has 0 aliphatic heterocycles. The largest absolute Gasteiger partial charge is 0.335 e. The first-order valence-corrected chi connectivity index (χ1v) is 8.94. The van der Waals surface area contributed by atoms with Gasteiger partial charge in [0.1, 0.15) is 0 Å². The van der Waals surface area contributed by atoms with E-state index in [2.05, 4.69) is 25.7 Å². The number of nitrogens with two attached hydrogens (primary N) is 1. The van der Waals surface area contributed by atoms with Gasteiger partial charge in [0.2, 0.25) is 5.16 Å². The number of para-hydroxylation sites is 1. The van der Waals surface area contributed by atoms with Gasteiger partial charge in [-0.05, 0) is 29.5 Å². The van der Waals surface area contributed by atoms with Crippen LogP contribution in [0.3, 0.4) is 0 Å². The molecule has 0 atom stereocenters. The standard InChI is InChI=1S/C17H16N8S/c1-12-7-9-13(10-8-12)16-20-21-17(24(16)18)26-11-15-19-22-23-25(15)14-5-3-2-4-6-14/h2-10H,11,18H2,1H3. The number of benzene rings is 2. The second kappa shape index (κ2) is 6.96. The highest BCUT2D eigenvalue weighted by molar-refractivity contribution is 7.98. The zero-order valence-corrected chi connectivity index (χ0v) is 14.8. The third-order valence-corrected chi connectivity index (χ3v) is 4.78. The summed E-state index contributed by atoms with van der Waals surface area (Å²) in [6.45, 7) is 2.04. The van der Waals surface area contributed by atoms with Crippen LogP contribution in [0.4, 0.5) is 0 Å². The van der Waals surface area contributed by atoms with Crippen molar-refractivity contribution in [3.63, 3.8) is 0 Å². The van der Waals surface area contributed by atoms with Crippen molar-refractivity contribution >= 4 is 11.8 Å². The summed E-state index contributed by atoms with van der Waals surface area (Å²) in [5.74, 6) is 8.02. The Bertz CT molecular complexity index is 1010. The minimum atomic E-state index is 0.519. The number of hydrogen-bond donors (Lipinski definition) is 1. The lowest BCUT2D eigenvalue weighted by Crippen LogP contribution is -2.12. The van der Waals surface area contributed by atoms with E-state index in [1.807, 2.05) is 61.5 Å². The highest BCUT2D eigenvalue weighted by atomic mass is 32.2. The zero-order valence-electron chi connectivity index (χ0n) is 14.0. The van der Waals surface area contributed by atoms with Gasteiger partial charge in [-0.15, -0.1) is 15.3 Å². The molecule has 26 heavy (non-hydrogen) atoms. The normalized spacial score (nSPS) is 11.0. The number of aromatic nitrogens is 7. The van der Waals surface area contributed by atoms with Crippen LogP contribution in [0, 0.1) is 6.92 Å². The molecule has 0 aliphatic carbocycles. The summed E-state index contributed by atoms with van der Waals surface area (Å²) in [6.07, 6.45) is 0. The molecule has 8 nitrogen and oxygen atoms in total. The van der Waals surface area contributed by atoms with Gasteiger partial charge < -0.3 is 5.84 Å². The van der Waals surface area contributed by atoms with E-state index in [0.717, 1.165) is 11.3 Å². The summed E-state index contributed by atoms with van der Waals surface area (Å²) in [4.78, 5) is 0. The van der Waals surface area contributed by atoms with Crippen molar-refractivity contribution in [2.24, 2.45) is 0 Å². The van der Waals surface area contributed by atoms with Crippen molar-refractivity contribution in [2.45, 2.75) is 17.8 Å². The highest BCUT2D eigenvalue weighted by Crippen LogP contribution is 2.24. The molecular formula is C17H16N8S. The van der Waals surface area contributed by atoms with Gasteiger partial charge >= 0.3 is 0 Å². The number of nitrogen functional groups attached to an aromatic ring is 1. The fourth-order valence-electron chi connectivity index (χ4n) is 2.47. The Balaban J connectivity index is 1.53. The fraction of sp³-hybridized carbons (Fsp3) is 0.118. The first-order chi connectivity index (χ1) is 12.7. The Labute approximate surface area is 154 Å². The van der Waals surface area contributed by atoms with Gasteiger partial charge in [0.15, 0.2) is 11.6 Å². The lowest BCUT2D eigenvalue weighted by Gasteiger charge is -2.05. The third-order valence-electron chi connectivity index (χ3n) is 3.84. The van der Waals surface area contributed by atoms with Crippen molar-refractivity contribution in [1.29, 1.82) is 0 Å². The lowest BCUT2D eigenvalue weighted by molar-refractivity contribution is 0.776. The fourth-order valence-corrected chi connectivity index (χ4v) is 3.23. The Kier molecular flexibility index (Phi) is 4.36. The van der Waals surface area contributed by atoms with E-state index in [0.29, 0.717) is 22.6 Å². The van der Waals surface area contributed by atoms with E-state index >= 15 is 0 Å². The predicted molar refractivity (Wildman–Crippen MR) is 99.1 cm³/mol. The molecule has 4 aromatic rings. The minimum absolute atomic E-state index is 0.519. The molecule has 0 bridgehead atoms. The summed E-state index contributed by atoms with van der Waals surface area (Å²) in [7, 11) is 0. The molecule has 0 saturated heterocycles. The van der Waals surface area contributed by atoms with E-state index in [9.17, 15) is 0 Å². The van der Waals surface area contributed by atoms with Gasteiger partial charge in [0.05, 0.1) is 11.4 Å². The van der Waals surface area contributed by atoms with E-state index < -0.39 is 0 Å². The Hall–Kier alpha value is -3.20. The minimum Gasteiger partial charge on any atom is -0.335 e. The number of thioether (sulfide) groups is 1. The molecule has 0 amide bonds. The number of aryl methyl sites for hydroxylation is 1. The van der Waals surface area contributed by atoms with Crippen molar-refractivity contribution < 1.29 is 0 Å². The van der Waals surface area contributed by atoms with Crippen molar-refractivity contribution in [3.05, 3.63) is 66.0 Å². The molecule has 2 aromatic carbocycles. The van der Waals surface area contributed by atoms with Gasteiger partial charge in [-0.2, -0.15) is 4.68 Å². The summed E-state index contributed by atoms with van der Waals surface area (Å²) in [5.41, 5.74) is 3.01. The first kappa shape index (κ1) is 16.3. The van der Waals surface area contributed by atoms with Crippen LogP contribution in [0.25, 0.3) is 17.1 Å². The van der Waals surface area contributed by atoms with Crippen LogP contribution in [0.5, 0.6) is 0 Å². The summed E-state index contributed by atoms with van der Waals surface area (Å²) in [5, 5.41) is 20.9. The number of tetrazole rings is 1. The molecule has 2 N–H and O–H groups in total. The monoisotopic (exact) mass is 364 g/mol. The molecule has 2 aromatic heterocycles. The summed E-state index contributed by atoms with van der Waals surface area (Å²) < 4.78 is 3.19. The molecule has 9 heteroatoms. The molecule has 0 fully saturated rings. The quantitative estimate of drug-likeness (QED) is 0.428. The number of rotatable bonds is 5. The predicted octanol–water partition coefficient (Wildman–Crippen LogP) is 2.24. The molecule has 0 spiro atoms. The van der Waals surface area contributed by atoms with Crippen molar-refractivity contribution in [1.82, 2.24) is 35.1 Å². The van der Waals surface area contributed by atoms with E-state index in [1.54, 1.807) is 4.68 Å². The average Bonchev–Trinajstić information content (AvgIpc) is 3.28.